The maximum absolute atomic E-state index is 13.6. The van der Waals surface area contributed by atoms with E-state index in [9.17, 15) is 31.1 Å². The molecule has 0 aromatic heterocycles. The van der Waals surface area contributed by atoms with Crippen molar-refractivity contribution in [2.24, 2.45) is 11.8 Å². The van der Waals surface area contributed by atoms with Gasteiger partial charge in [0.05, 0.1) is 21.2 Å². The molecule has 4 nitrogen and oxygen atoms in total. The van der Waals surface area contributed by atoms with Crippen LogP contribution in [0.25, 0.3) is 0 Å². The first-order valence-electron chi connectivity index (χ1n) is 14.8. The van der Waals surface area contributed by atoms with Gasteiger partial charge in [0.25, 0.3) is 5.91 Å². The van der Waals surface area contributed by atoms with Crippen LogP contribution in [0.4, 0.5) is 26.3 Å². The van der Waals surface area contributed by atoms with E-state index in [4.69, 9.17) is 23.2 Å². The molecule has 4 fully saturated rings. The van der Waals surface area contributed by atoms with Crippen LogP contribution in [0.5, 0.6) is 0 Å². The van der Waals surface area contributed by atoms with Gasteiger partial charge in [-0.25, -0.2) is 0 Å². The fraction of sp³-hybridized carbons (Fsp3) is 0.581. The number of alkyl halides is 6. The summed E-state index contributed by atoms with van der Waals surface area (Å²) in [6.07, 6.45) is -3.58. The number of amides is 1. The summed E-state index contributed by atoms with van der Waals surface area (Å²) in [6.45, 7) is 5.12. The summed E-state index contributed by atoms with van der Waals surface area (Å²) in [5.74, 6) is 0.691. The molecule has 2 aromatic carbocycles. The van der Waals surface area contributed by atoms with Gasteiger partial charge in [0.1, 0.15) is 0 Å². The van der Waals surface area contributed by atoms with Gasteiger partial charge in [-0.3, -0.25) is 9.69 Å². The second-order valence-corrected chi connectivity index (χ2v) is 13.0. The van der Waals surface area contributed by atoms with E-state index >= 15 is 0 Å². The standard InChI is InChI=1S/C31H35Cl2F6N3O/c32-27-7-6-22(13-28(27)33)12-26-19-40(8-1-9-41-17-20-2-3-21(18-41)5-4-20)10-11-42(26)29(43)23-14-24(30(34,35)36)16-25(15-23)31(37,38)39/h6-7,13-16,20-21,26H,1-5,8-12,17-19H2/t20?,21?,26-/m1/s1. The van der Waals surface area contributed by atoms with Crippen molar-refractivity contribution in [3.05, 3.63) is 68.7 Å². The van der Waals surface area contributed by atoms with Crippen LogP contribution >= 0.6 is 23.2 Å². The highest BCUT2D eigenvalue weighted by atomic mass is 35.5. The Balaban J connectivity index is 1.33. The molecule has 3 aliphatic heterocycles. The number of benzene rings is 2. The summed E-state index contributed by atoms with van der Waals surface area (Å²) < 4.78 is 81.1. The summed E-state index contributed by atoms with van der Waals surface area (Å²) in [4.78, 5) is 19.8. The molecule has 0 unspecified atom stereocenters. The number of hydrogen-bond donors (Lipinski definition) is 0. The van der Waals surface area contributed by atoms with Gasteiger partial charge in [0.2, 0.25) is 0 Å². The van der Waals surface area contributed by atoms with Crippen LogP contribution in [0, 0.1) is 11.8 Å². The molecule has 1 saturated carbocycles. The average molecular weight is 651 g/mol. The van der Waals surface area contributed by atoms with E-state index in [1.165, 1.54) is 30.6 Å². The van der Waals surface area contributed by atoms with E-state index in [0.717, 1.165) is 50.0 Å². The second-order valence-electron chi connectivity index (χ2n) is 12.2. The molecule has 0 spiro atoms. The predicted octanol–water partition coefficient (Wildman–Crippen LogP) is 7.91. The third-order valence-electron chi connectivity index (χ3n) is 9.07. The zero-order valence-corrected chi connectivity index (χ0v) is 25.2. The predicted molar refractivity (Wildman–Crippen MR) is 154 cm³/mol. The van der Waals surface area contributed by atoms with Crippen molar-refractivity contribution in [2.75, 3.05) is 45.8 Å². The van der Waals surface area contributed by atoms with Gasteiger partial charge in [-0.2, -0.15) is 26.3 Å². The Morgan fingerprint density at radius 3 is 1.88 bits per heavy atom. The van der Waals surface area contributed by atoms with Crippen LogP contribution < -0.4 is 0 Å². The first kappa shape index (κ1) is 32.4. The van der Waals surface area contributed by atoms with Gasteiger partial charge in [-0.05, 0) is 99.3 Å². The zero-order valence-electron chi connectivity index (χ0n) is 23.7. The molecule has 3 heterocycles. The lowest BCUT2D eigenvalue weighted by atomic mass is 9.84. The molecule has 1 atom stereocenters. The summed E-state index contributed by atoms with van der Waals surface area (Å²) in [5, 5.41) is 0.679. The molecule has 6 rings (SSSR count). The fourth-order valence-electron chi connectivity index (χ4n) is 6.85. The first-order chi connectivity index (χ1) is 20.3. The maximum Gasteiger partial charge on any atom is 0.416 e. The number of carbonyl (C=O) groups is 1. The quantitative estimate of drug-likeness (QED) is 0.285. The Kier molecular flexibility index (Phi) is 9.90. The highest BCUT2D eigenvalue weighted by Crippen LogP contribution is 2.37. The van der Waals surface area contributed by atoms with Crippen LogP contribution in [0.15, 0.2) is 36.4 Å². The van der Waals surface area contributed by atoms with Crippen molar-refractivity contribution in [1.82, 2.24) is 14.7 Å². The summed E-state index contributed by atoms with van der Waals surface area (Å²) in [7, 11) is 0. The van der Waals surface area contributed by atoms with Crippen molar-refractivity contribution in [3.8, 4) is 0 Å². The van der Waals surface area contributed by atoms with Crippen LogP contribution in [0.1, 0.15) is 59.2 Å². The SMILES string of the molecule is O=C(c1cc(C(F)(F)F)cc(C(F)(F)F)c1)N1CCN(CCCN2CC3CCC(CC3)C2)C[C@H]1Cc1ccc(Cl)c(Cl)c1. The van der Waals surface area contributed by atoms with Gasteiger partial charge >= 0.3 is 12.4 Å². The van der Waals surface area contributed by atoms with E-state index in [1.807, 2.05) is 0 Å². The lowest BCUT2D eigenvalue weighted by Gasteiger charge is -2.42. The second kappa shape index (κ2) is 13.2. The van der Waals surface area contributed by atoms with Crippen molar-refractivity contribution in [3.63, 3.8) is 0 Å². The van der Waals surface area contributed by atoms with Crippen molar-refractivity contribution in [2.45, 2.75) is 56.9 Å². The molecular formula is C31H35Cl2F6N3O. The van der Waals surface area contributed by atoms with E-state index < -0.39 is 41.0 Å². The fourth-order valence-corrected chi connectivity index (χ4v) is 7.17. The van der Waals surface area contributed by atoms with Gasteiger partial charge < -0.3 is 9.80 Å². The van der Waals surface area contributed by atoms with Crippen LogP contribution in [0.3, 0.4) is 0 Å². The van der Waals surface area contributed by atoms with E-state index in [2.05, 4.69) is 9.80 Å². The average Bonchev–Trinajstić information content (AvgIpc) is 3.27. The van der Waals surface area contributed by atoms with E-state index in [1.54, 1.807) is 18.2 Å². The van der Waals surface area contributed by atoms with Crippen molar-refractivity contribution in [1.29, 1.82) is 0 Å². The van der Waals surface area contributed by atoms with Crippen molar-refractivity contribution >= 4 is 29.1 Å². The highest BCUT2D eigenvalue weighted by Gasteiger charge is 2.39. The van der Waals surface area contributed by atoms with Gasteiger partial charge in [-0.15, -0.1) is 0 Å². The van der Waals surface area contributed by atoms with Crippen LogP contribution in [-0.2, 0) is 18.8 Å². The smallest absolute Gasteiger partial charge is 0.333 e. The topological polar surface area (TPSA) is 26.8 Å². The number of hydrogen-bond acceptors (Lipinski definition) is 3. The molecule has 12 heteroatoms. The molecule has 0 radical (unpaired) electrons. The largest absolute Gasteiger partial charge is 0.416 e. The third kappa shape index (κ3) is 8.18. The van der Waals surface area contributed by atoms with Crippen LogP contribution in [-0.4, -0.2) is 72.5 Å². The Morgan fingerprint density at radius 1 is 0.744 bits per heavy atom. The molecule has 1 amide bonds. The molecule has 2 bridgehead atoms. The number of halogens is 8. The minimum Gasteiger partial charge on any atom is -0.333 e. The number of piperazine rings is 1. The minimum absolute atomic E-state index is 0.0393. The molecule has 1 aliphatic carbocycles. The lowest BCUT2D eigenvalue weighted by molar-refractivity contribution is -0.143. The third-order valence-corrected chi connectivity index (χ3v) is 9.80. The maximum atomic E-state index is 13.6. The van der Waals surface area contributed by atoms with Gasteiger partial charge in [0.15, 0.2) is 0 Å². The van der Waals surface area contributed by atoms with Gasteiger partial charge in [0, 0.05) is 44.3 Å². The molecule has 0 N–H and O–H groups in total. The van der Waals surface area contributed by atoms with E-state index in [-0.39, 0.29) is 12.6 Å². The normalized spacial score (nSPS) is 23.9. The molecule has 4 aliphatic rings. The lowest BCUT2D eigenvalue weighted by Crippen LogP contribution is -2.56. The van der Waals surface area contributed by atoms with E-state index in [0.29, 0.717) is 41.7 Å². The monoisotopic (exact) mass is 649 g/mol. The molecule has 3 saturated heterocycles. The van der Waals surface area contributed by atoms with Crippen LogP contribution in [0.2, 0.25) is 10.0 Å². The summed E-state index contributed by atoms with van der Waals surface area (Å²) >= 11 is 12.3. The molecule has 2 aromatic rings. The summed E-state index contributed by atoms with van der Waals surface area (Å²) in [6, 6.07) is 5.63. The molecule has 43 heavy (non-hydrogen) atoms. The molecular weight excluding hydrogens is 615 g/mol. The Bertz CT molecular complexity index is 1250. The zero-order chi connectivity index (χ0) is 30.9. The number of carbonyl (C=O) groups excluding carboxylic acids is 1. The number of rotatable bonds is 7. The summed E-state index contributed by atoms with van der Waals surface area (Å²) in [5.41, 5.74) is -2.88. The Hall–Kier alpha value is -2.01. The first-order valence-corrected chi connectivity index (χ1v) is 15.5. The Morgan fingerprint density at radius 2 is 1.33 bits per heavy atom. The molecule has 236 valence electrons. The Labute approximate surface area is 257 Å². The number of nitrogens with zero attached hydrogens (tertiary/aromatic N) is 3. The van der Waals surface area contributed by atoms with Crippen molar-refractivity contribution < 1.29 is 31.1 Å². The highest BCUT2D eigenvalue weighted by molar-refractivity contribution is 6.42. The minimum atomic E-state index is -5.04. The van der Waals surface area contributed by atoms with Gasteiger partial charge in [-0.1, -0.05) is 29.3 Å². The number of fused-ring (bicyclic) bond motifs is 4.